The normalized spacial score (nSPS) is 11.0. The Labute approximate surface area is 166 Å². The largest absolute Gasteiger partial charge is 0.335 e. The Bertz CT molecular complexity index is 1160. The molecule has 5 nitrogen and oxygen atoms in total. The monoisotopic (exact) mass is 393 g/mol. The number of para-hydroxylation sites is 2. The van der Waals surface area contributed by atoms with Crippen LogP contribution in [0.5, 0.6) is 0 Å². The maximum Gasteiger partial charge on any atom is 0.279 e. The van der Waals surface area contributed by atoms with Gasteiger partial charge in [-0.2, -0.15) is 0 Å². The van der Waals surface area contributed by atoms with E-state index >= 15 is 0 Å². The SMILES string of the molecule is O=C(C[NH2+]Cc1ccc(-n2cnc3ccccc32)cc1)Nc1ccc(F)c(F)c1. The van der Waals surface area contributed by atoms with E-state index in [1.807, 2.05) is 58.4 Å². The third kappa shape index (κ3) is 4.30. The number of nitrogens with zero attached hydrogens (tertiary/aromatic N) is 2. The molecule has 0 spiro atoms. The summed E-state index contributed by atoms with van der Waals surface area (Å²) in [6.45, 7) is 0.795. The Morgan fingerprint density at radius 1 is 1.00 bits per heavy atom. The number of halogens is 2. The molecule has 3 aromatic carbocycles. The van der Waals surface area contributed by atoms with Gasteiger partial charge in [-0.1, -0.05) is 24.3 Å². The Hall–Kier alpha value is -3.58. The van der Waals surface area contributed by atoms with Crippen molar-refractivity contribution >= 4 is 22.6 Å². The predicted octanol–water partition coefficient (Wildman–Crippen LogP) is 3.01. The summed E-state index contributed by atoms with van der Waals surface area (Å²) in [5, 5.41) is 4.40. The third-order valence-corrected chi connectivity index (χ3v) is 4.58. The van der Waals surface area contributed by atoms with Crippen molar-refractivity contribution in [2.45, 2.75) is 6.54 Å². The lowest BCUT2D eigenvalue weighted by Gasteiger charge is -2.07. The highest BCUT2D eigenvalue weighted by molar-refractivity contribution is 5.91. The summed E-state index contributed by atoms with van der Waals surface area (Å²) in [7, 11) is 0. The van der Waals surface area contributed by atoms with Gasteiger partial charge >= 0.3 is 0 Å². The molecule has 0 unspecified atom stereocenters. The van der Waals surface area contributed by atoms with Gasteiger partial charge in [-0.3, -0.25) is 9.36 Å². The molecule has 0 fully saturated rings. The van der Waals surface area contributed by atoms with Crippen LogP contribution in [0.1, 0.15) is 5.56 Å². The summed E-state index contributed by atoms with van der Waals surface area (Å²) < 4.78 is 28.1. The first-order valence-corrected chi connectivity index (χ1v) is 9.18. The number of aromatic nitrogens is 2. The first kappa shape index (κ1) is 18.8. The van der Waals surface area contributed by atoms with E-state index in [9.17, 15) is 13.6 Å². The minimum atomic E-state index is -0.988. The molecule has 0 atom stereocenters. The fourth-order valence-corrected chi connectivity index (χ4v) is 3.11. The molecule has 0 bridgehead atoms. The van der Waals surface area contributed by atoms with Crippen molar-refractivity contribution in [1.82, 2.24) is 9.55 Å². The Kier molecular flexibility index (Phi) is 5.31. The fraction of sp³-hybridized carbons (Fsp3) is 0.0909. The van der Waals surface area contributed by atoms with E-state index in [-0.39, 0.29) is 18.1 Å². The van der Waals surface area contributed by atoms with Crippen LogP contribution < -0.4 is 10.6 Å². The average molecular weight is 393 g/mol. The highest BCUT2D eigenvalue weighted by Gasteiger charge is 2.08. The number of hydrogen-bond donors (Lipinski definition) is 2. The highest BCUT2D eigenvalue weighted by atomic mass is 19.2. The number of amides is 1. The number of fused-ring (bicyclic) bond motifs is 1. The second-order valence-electron chi connectivity index (χ2n) is 6.64. The summed E-state index contributed by atoms with van der Waals surface area (Å²) in [4.78, 5) is 16.4. The number of hydrogen-bond acceptors (Lipinski definition) is 2. The number of carbonyl (C=O) groups is 1. The van der Waals surface area contributed by atoms with Gasteiger partial charge in [0, 0.05) is 23.0 Å². The van der Waals surface area contributed by atoms with Crippen LogP contribution in [-0.4, -0.2) is 22.0 Å². The molecule has 0 saturated heterocycles. The maximum absolute atomic E-state index is 13.2. The number of carbonyl (C=O) groups excluding carboxylic acids is 1. The van der Waals surface area contributed by atoms with Gasteiger partial charge in [-0.05, 0) is 36.4 Å². The number of quaternary nitrogens is 1. The number of nitrogens with one attached hydrogen (secondary N) is 1. The summed E-state index contributed by atoms with van der Waals surface area (Å²) in [5.74, 6) is -2.21. The molecule has 4 rings (SSSR count). The van der Waals surface area contributed by atoms with Gasteiger partial charge in [0.1, 0.15) is 12.9 Å². The van der Waals surface area contributed by atoms with E-state index in [1.165, 1.54) is 6.07 Å². The lowest BCUT2D eigenvalue weighted by atomic mass is 10.2. The second-order valence-corrected chi connectivity index (χ2v) is 6.64. The molecule has 1 aromatic heterocycles. The van der Waals surface area contributed by atoms with Crippen molar-refractivity contribution in [1.29, 1.82) is 0 Å². The number of anilines is 1. The van der Waals surface area contributed by atoms with E-state index in [2.05, 4.69) is 10.3 Å². The summed E-state index contributed by atoms with van der Waals surface area (Å²) in [5.41, 5.74) is 4.30. The molecule has 0 aliphatic carbocycles. The van der Waals surface area contributed by atoms with Crippen molar-refractivity contribution in [3.8, 4) is 5.69 Å². The van der Waals surface area contributed by atoms with Crippen molar-refractivity contribution in [2.24, 2.45) is 0 Å². The number of imidazole rings is 1. The van der Waals surface area contributed by atoms with Crippen LogP contribution in [0.25, 0.3) is 16.7 Å². The zero-order valence-corrected chi connectivity index (χ0v) is 15.5. The van der Waals surface area contributed by atoms with Crippen molar-refractivity contribution in [2.75, 3.05) is 11.9 Å². The van der Waals surface area contributed by atoms with Crippen LogP contribution in [0.4, 0.5) is 14.5 Å². The molecule has 0 aliphatic heterocycles. The van der Waals surface area contributed by atoms with Crippen molar-refractivity contribution in [3.63, 3.8) is 0 Å². The molecule has 0 radical (unpaired) electrons. The van der Waals surface area contributed by atoms with Crippen molar-refractivity contribution in [3.05, 3.63) is 90.3 Å². The summed E-state index contributed by atoms with van der Waals surface area (Å²) in [6, 6.07) is 19.3. The van der Waals surface area contributed by atoms with E-state index < -0.39 is 11.6 Å². The van der Waals surface area contributed by atoms with Crippen LogP contribution in [0, 0.1) is 11.6 Å². The molecule has 7 heteroatoms. The van der Waals surface area contributed by atoms with E-state index in [0.29, 0.717) is 6.54 Å². The Balaban J connectivity index is 1.32. The van der Waals surface area contributed by atoms with E-state index in [1.54, 1.807) is 6.33 Å². The smallest absolute Gasteiger partial charge is 0.279 e. The number of nitrogens with two attached hydrogens (primary N) is 1. The highest BCUT2D eigenvalue weighted by Crippen LogP contribution is 2.18. The van der Waals surface area contributed by atoms with Gasteiger partial charge in [0.25, 0.3) is 5.91 Å². The molecule has 0 saturated carbocycles. The summed E-state index contributed by atoms with van der Waals surface area (Å²) in [6.07, 6.45) is 1.80. The average Bonchev–Trinajstić information content (AvgIpc) is 3.15. The molecule has 146 valence electrons. The topological polar surface area (TPSA) is 63.5 Å². The third-order valence-electron chi connectivity index (χ3n) is 4.58. The van der Waals surface area contributed by atoms with Gasteiger partial charge in [0.05, 0.1) is 11.0 Å². The standard InChI is InChI=1S/C22H18F2N4O/c23-18-10-7-16(11-19(18)24)27-22(29)13-25-12-15-5-8-17(9-6-15)28-14-26-20-3-1-2-4-21(20)28/h1-11,14,25H,12-13H2,(H,27,29)/p+1. The first-order valence-electron chi connectivity index (χ1n) is 9.18. The van der Waals surface area contributed by atoms with Gasteiger partial charge in [0.2, 0.25) is 0 Å². The molecule has 3 N–H and O–H groups in total. The number of benzene rings is 3. The Morgan fingerprint density at radius 3 is 2.59 bits per heavy atom. The minimum absolute atomic E-state index is 0.174. The first-order chi connectivity index (χ1) is 14.1. The fourth-order valence-electron chi connectivity index (χ4n) is 3.11. The molecule has 1 amide bonds. The van der Waals surface area contributed by atoms with Crippen LogP contribution in [0.15, 0.2) is 73.1 Å². The van der Waals surface area contributed by atoms with Crippen LogP contribution in [-0.2, 0) is 11.3 Å². The Morgan fingerprint density at radius 2 is 1.79 bits per heavy atom. The lowest BCUT2D eigenvalue weighted by molar-refractivity contribution is -0.659. The quantitative estimate of drug-likeness (QED) is 0.529. The van der Waals surface area contributed by atoms with Crippen molar-refractivity contribution < 1.29 is 18.9 Å². The minimum Gasteiger partial charge on any atom is -0.335 e. The van der Waals surface area contributed by atoms with E-state index in [0.717, 1.165) is 34.4 Å². The molecule has 0 aliphatic rings. The number of rotatable bonds is 6. The van der Waals surface area contributed by atoms with Gasteiger partial charge < -0.3 is 10.6 Å². The molecule has 1 heterocycles. The molecular weight excluding hydrogens is 374 g/mol. The van der Waals surface area contributed by atoms with Gasteiger partial charge in [0.15, 0.2) is 18.2 Å². The summed E-state index contributed by atoms with van der Waals surface area (Å²) >= 11 is 0. The lowest BCUT2D eigenvalue weighted by Crippen LogP contribution is -2.84. The van der Waals surface area contributed by atoms with Gasteiger partial charge in [-0.25, -0.2) is 13.8 Å². The zero-order valence-electron chi connectivity index (χ0n) is 15.5. The van der Waals surface area contributed by atoms with Crippen LogP contribution in [0.3, 0.4) is 0 Å². The molecule has 4 aromatic rings. The zero-order chi connectivity index (χ0) is 20.2. The maximum atomic E-state index is 13.2. The predicted molar refractivity (Wildman–Crippen MR) is 107 cm³/mol. The second kappa shape index (κ2) is 8.20. The molecule has 29 heavy (non-hydrogen) atoms. The molecular formula is C22H19F2N4O+. The van der Waals surface area contributed by atoms with Crippen LogP contribution >= 0.6 is 0 Å². The van der Waals surface area contributed by atoms with Crippen LogP contribution in [0.2, 0.25) is 0 Å². The van der Waals surface area contributed by atoms with E-state index in [4.69, 9.17) is 0 Å². The van der Waals surface area contributed by atoms with Gasteiger partial charge in [-0.15, -0.1) is 0 Å².